The van der Waals surface area contributed by atoms with Gasteiger partial charge in [0.2, 0.25) is 0 Å². The molecule has 1 aromatic rings. The van der Waals surface area contributed by atoms with Gasteiger partial charge in [-0.05, 0) is 12.1 Å². The Morgan fingerprint density at radius 3 is 2.00 bits per heavy atom. The quantitative estimate of drug-likeness (QED) is 0.634. The molecule has 1 radical (unpaired) electrons. The third-order valence-corrected chi connectivity index (χ3v) is 1.07. The zero-order valence-electron chi connectivity index (χ0n) is 4.69. The van der Waals surface area contributed by atoms with Gasteiger partial charge in [0.15, 0.2) is 0 Å². The second-order valence-electron chi connectivity index (χ2n) is 1.43. The van der Waals surface area contributed by atoms with Crippen molar-refractivity contribution in [3.05, 3.63) is 30.3 Å². The van der Waals surface area contributed by atoms with E-state index in [0.29, 0.717) is 0 Å². The smallest absolute Gasteiger partial charge is 0.0769 e. The van der Waals surface area contributed by atoms with Crippen molar-refractivity contribution in [2.45, 2.75) is 0 Å². The molecule has 9 heavy (non-hydrogen) atoms. The Kier molecular flexibility index (Phi) is 4.59. The van der Waals surface area contributed by atoms with Gasteiger partial charge in [0.05, 0.1) is 5.69 Å². The summed E-state index contributed by atoms with van der Waals surface area (Å²) in [7, 11) is 0. The Morgan fingerprint density at radius 1 is 1.11 bits per heavy atom. The molecular formula is C6H5NSV. The number of nitrogens with zero attached hydrogens (tertiary/aromatic N) is 1. The minimum absolute atomic E-state index is 0. The van der Waals surface area contributed by atoms with Gasteiger partial charge < -0.3 is 0 Å². The Bertz CT molecular complexity index is 176. The van der Waals surface area contributed by atoms with Gasteiger partial charge in [-0.3, -0.25) is 0 Å². The first kappa shape index (κ1) is 8.82. The summed E-state index contributed by atoms with van der Waals surface area (Å²) in [6, 6.07) is 9.49. The van der Waals surface area contributed by atoms with Crippen LogP contribution in [0.1, 0.15) is 0 Å². The van der Waals surface area contributed by atoms with E-state index in [1.54, 1.807) is 0 Å². The first-order valence-corrected chi connectivity index (χ1v) is 2.68. The Labute approximate surface area is 71.5 Å². The molecule has 0 heterocycles. The van der Waals surface area contributed by atoms with E-state index in [-0.39, 0.29) is 18.6 Å². The summed E-state index contributed by atoms with van der Waals surface area (Å²) in [4.78, 5) is 0. The second kappa shape index (κ2) is 4.68. The van der Waals surface area contributed by atoms with Crippen LogP contribution in [0.15, 0.2) is 34.7 Å². The van der Waals surface area contributed by atoms with Crippen molar-refractivity contribution in [1.29, 1.82) is 0 Å². The van der Waals surface area contributed by atoms with Crippen LogP contribution in [0.5, 0.6) is 0 Å². The van der Waals surface area contributed by atoms with E-state index in [0.717, 1.165) is 5.69 Å². The molecule has 0 aliphatic heterocycles. The fourth-order valence-corrected chi connectivity index (χ4v) is 0.611. The molecular weight excluding hydrogens is 169 g/mol. The maximum absolute atomic E-state index is 4.44. The van der Waals surface area contributed by atoms with Crippen LogP contribution in [0.2, 0.25) is 0 Å². The Hall–Kier alpha value is -0.176. The van der Waals surface area contributed by atoms with Crippen LogP contribution in [-0.2, 0) is 31.0 Å². The molecule has 0 aliphatic carbocycles. The average Bonchev–Trinajstić information content (AvgIpc) is 1.90. The van der Waals surface area contributed by atoms with Crippen LogP contribution in [0, 0.1) is 0 Å². The van der Waals surface area contributed by atoms with Crippen molar-refractivity contribution in [3.8, 4) is 0 Å². The molecule has 45 valence electrons. The van der Waals surface area contributed by atoms with Gasteiger partial charge >= 0.3 is 0 Å². The van der Waals surface area contributed by atoms with Gasteiger partial charge in [-0.2, -0.15) is 4.36 Å². The Morgan fingerprint density at radius 2 is 1.67 bits per heavy atom. The molecule has 0 spiro atoms. The summed E-state index contributed by atoms with van der Waals surface area (Å²) >= 11 is 4.44. The predicted octanol–water partition coefficient (Wildman–Crippen LogP) is 2.05. The van der Waals surface area contributed by atoms with Crippen LogP contribution >= 0.6 is 0 Å². The molecule has 1 nitrogen and oxygen atoms in total. The third kappa shape index (κ3) is 2.75. The van der Waals surface area contributed by atoms with Gasteiger partial charge in [-0.15, -0.1) is 0 Å². The van der Waals surface area contributed by atoms with Crippen LogP contribution in [0.3, 0.4) is 0 Å². The van der Waals surface area contributed by atoms with Crippen LogP contribution < -0.4 is 0 Å². The maximum atomic E-state index is 4.44. The summed E-state index contributed by atoms with van der Waals surface area (Å²) in [5.41, 5.74) is 0.850. The average molecular weight is 174 g/mol. The SMILES string of the molecule is S=Nc1ccccc1.[V]. The normalized spacial score (nSPS) is 7.56. The molecule has 0 aromatic heterocycles. The molecule has 3 heteroatoms. The van der Waals surface area contributed by atoms with Gasteiger partial charge in [-0.25, -0.2) is 0 Å². The minimum Gasteiger partial charge on any atom is -0.182 e. The van der Waals surface area contributed by atoms with Crippen molar-refractivity contribution in [2.24, 2.45) is 4.36 Å². The molecule has 1 aromatic carbocycles. The molecule has 0 N–H and O–H groups in total. The largest absolute Gasteiger partial charge is 0.182 e. The molecule has 1 rings (SSSR count). The number of hydrogen-bond acceptors (Lipinski definition) is 2. The molecule has 0 amide bonds. The number of benzene rings is 1. The summed E-state index contributed by atoms with van der Waals surface area (Å²) < 4.78 is 3.55. The van der Waals surface area contributed by atoms with Crippen molar-refractivity contribution >= 4 is 18.1 Å². The van der Waals surface area contributed by atoms with Crippen molar-refractivity contribution in [3.63, 3.8) is 0 Å². The third-order valence-electron chi connectivity index (χ3n) is 0.862. The predicted molar refractivity (Wildman–Crippen MR) is 35.9 cm³/mol. The van der Waals surface area contributed by atoms with E-state index in [1.807, 2.05) is 30.3 Å². The first-order chi connectivity index (χ1) is 3.93. The monoisotopic (exact) mass is 174 g/mol. The maximum Gasteiger partial charge on any atom is 0.0769 e. The fraction of sp³-hybridized carbons (Fsp3) is 0. The summed E-state index contributed by atoms with van der Waals surface area (Å²) in [6.07, 6.45) is 0. The zero-order valence-corrected chi connectivity index (χ0v) is 6.90. The summed E-state index contributed by atoms with van der Waals surface area (Å²) in [5, 5.41) is 0. The van der Waals surface area contributed by atoms with Crippen molar-refractivity contribution < 1.29 is 18.6 Å². The molecule has 0 unspecified atom stereocenters. The summed E-state index contributed by atoms with van der Waals surface area (Å²) in [6.45, 7) is 0. The van der Waals surface area contributed by atoms with Gasteiger partial charge in [-0.1, -0.05) is 18.2 Å². The molecule has 0 bridgehead atoms. The van der Waals surface area contributed by atoms with Gasteiger partial charge in [0.25, 0.3) is 0 Å². The van der Waals surface area contributed by atoms with E-state index < -0.39 is 0 Å². The topological polar surface area (TPSA) is 12.4 Å². The van der Waals surface area contributed by atoms with Gasteiger partial charge in [0, 0.05) is 31.0 Å². The molecule has 0 fully saturated rings. The van der Waals surface area contributed by atoms with E-state index in [9.17, 15) is 0 Å². The minimum atomic E-state index is 0. The van der Waals surface area contributed by atoms with Crippen LogP contribution in [0.4, 0.5) is 5.69 Å². The molecule has 0 saturated heterocycles. The second-order valence-corrected chi connectivity index (χ2v) is 1.61. The zero-order chi connectivity index (χ0) is 5.82. The standard InChI is InChI=1S/C6H5NS.V/c8-7-6-4-2-1-3-5-6;/h1-5H;. The van der Waals surface area contributed by atoms with E-state index >= 15 is 0 Å². The number of hydrogen-bond donors (Lipinski definition) is 0. The molecule has 0 atom stereocenters. The van der Waals surface area contributed by atoms with E-state index in [4.69, 9.17) is 0 Å². The van der Waals surface area contributed by atoms with Crippen LogP contribution in [0.25, 0.3) is 0 Å². The fourth-order valence-electron chi connectivity index (χ4n) is 0.489. The van der Waals surface area contributed by atoms with E-state index in [1.165, 1.54) is 0 Å². The van der Waals surface area contributed by atoms with Crippen molar-refractivity contribution in [2.75, 3.05) is 0 Å². The van der Waals surface area contributed by atoms with Crippen molar-refractivity contribution in [1.82, 2.24) is 0 Å². The molecule has 0 aliphatic rings. The number of rotatable bonds is 1. The van der Waals surface area contributed by atoms with E-state index in [2.05, 4.69) is 16.8 Å². The first-order valence-electron chi connectivity index (χ1n) is 2.32. The molecule has 0 saturated carbocycles. The summed E-state index contributed by atoms with van der Waals surface area (Å²) in [5.74, 6) is 0. The van der Waals surface area contributed by atoms with Crippen LogP contribution in [-0.4, -0.2) is 0 Å². The van der Waals surface area contributed by atoms with Gasteiger partial charge in [0.1, 0.15) is 0 Å². The Balaban J connectivity index is 0.000000640.